The van der Waals surface area contributed by atoms with Crippen molar-refractivity contribution in [2.24, 2.45) is 5.73 Å². The second kappa shape index (κ2) is 2.24. The normalized spacial score (nSPS) is 10.0. The number of halogens is 1. The molecule has 0 saturated heterocycles. The molecule has 0 aliphatic rings. The monoisotopic (exact) mass is 146 g/mol. The molecule has 50 valence electrons. The average Bonchev–Trinajstić information content (AvgIpc) is 2.15. The largest absolute Gasteiger partial charge is 0.395 e. The van der Waals surface area contributed by atoms with Crippen molar-refractivity contribution in [2.75, 3.05) is 5.73 Å². The van der Waals surface area contributed by atoms with Crippen LogP contribution in [0.1, 0.15) is 5.69 Å². The summed E-state index contributed by atoms with van der Waals surface area (Å²) >= 11 is 5.49. The van der Waals surface area contributed by atoms with Crippen molar-refractivity contribution in [3.63, 3.8) is 0 Å². The Morgan fingerprint density at radius 1 is 1.67 bits per heavy atom. The van der Waals surface area contributed by atoms with E-state index in [0.717, 1.165) is 0 Å². The third kappa shape index (κ3) is 0.988. The summed E-state index contributed by atoms with van der Waals surface area (Å²) in [6.45, 7) is 0.339. The summed E-state index contributed by atoms with van der Waals surface area (Å²) < 4.78 is 0. The molecule has 0 aliphatic carbocycles. The van der Waals surface area contributed by atoms with E-state index in [4.69, 9.17) is 23.1 Å². The van der Waals surface area contributed by atoms with Crippen LogP contribution < -0.4 is 11.5 Å². The van der Waals surface area contributed by atoms with Gasteiger partial charge in [-0.1, -0.05) is 11.6 Å². The molecule has 0 saturated carbocycles. The topological polar surface area (TPSA) is 80.7 Å². The standard InChI is InChI=1S/C4H7ClN4/c5-4-3(7)2(1-6)8-9-4/h1,6-7H2,(H,8,9). The lowest BCUT2D eigenvalue weighted by Crippen LogP contribution is -1.99. The van der Waals surface area contributed by atoms with E-state index in [1.807, 2.05) is 0 Å². The molecule has 1 aromatic heterocycles. The van der Waals surface area contributed by atoms with Crippen molar-refractivity contribution < 1.29 is 0 Å². The third-order valence-electron chi connectivity index (χ3n) is 1.04. The van der Waals surface area contributed by atoms with E-state index in [9.17, 15) is 0 Å². The van der Waals surface area contributed by atoms with E-state index < -0.39 is 0 Å². The van der Waals surface area contributed by atoms with Crippen LogP contribution in [-0.2, 0) is 6.54 Å². The van der Waals surface area contributed by atoms with E-state index in [2.05, 4.69) is 10.2 Å². The maximum absolute atomic E-state index is 5.49. The van der Waals surface area contributed by atoms with Crippen LogP contribution in [0.25, 0.3) is 0 Å². The number of anilines is 1. The van der Waals surface area contributed by atoms with Crippen molar-refractivity contribution in [3.8, 4) is 0 Å². The number of nitrogens with one attached hydrogen (secondary N) is 1. The molecule has 5 N–H and O–H groups in total. The minimum absolute atomic E-state index is 0.287. The van der Waals surface area contributed by atoms with Crippen LogP contribution in [0, 0.1) is 0 Å². The Hall–Kier alpha value is -0.740. The van der Waals surface area contributed by atoms with Crippen LogP contribution in [0.3, 0.4) is 0 Å². The lowest BCUT2D eigenvalue weighted by molar-refractivity contribution is 0.949. The lowest BCUT2D eigenvalue weighted by atomic mass is 10.4. The smallest absolute Gasteiger partial charge is 0.174 e. The Balaban J connectivity index is 3.04. The Kier molecular flexibility index (Phi) is 1.59. The molecule has 1 aromatic rings. The average molecular weight is 147 g/mol. The maximum Gasteiger partial charge on any atom is 0.174 e. The van der Waals surface area contributed by atoms with Crippen molar-refractivity contribution in [2.45, 2.75) is 6.54 Å². The molecule has 5 heteroatoms. The molecule has 1 rings (SSSR count). The maximum atomic E-state index is 5.49. The molecular formula is C4H7ClN4. The number of nitrogens with two attached hydrogens (primary N) is 2. The zero-order chi connectivity index (χ0) is 6.85. The summed E-state index contributed by atoms with van der Waals surface area (Å²) in [6.07, 6.45) is 0. The molecule has 0 atom stereocenters. The molecule has 0 spiro atoms. The lowest BCUT2D eigenvalue weighted by Gasteiger charge is -1.89. The minimum Gasteiger partial charge on any atom is -0.395 e. The second-order valence-corrected chi connectivity index (χ2v) is 1.97. The molecular weight excluding hydrogens is 140 g/mol. The number of nitrogens with zero attached hydrogens (tertiary/aromatic N) is 1. The quantitative estimate of drug-likeness (QED) is 0.526. The highest BCUT2D eigenvalue weighted by molar-refractivity contribution is 6.31. The van der Waals surface area contributed by atoms with Gasteiger partial charge in [0.05, 0.1) is 11.4 Å². The summed E-state index contributed by atoms with van der Waals surface area (Å²) in [7, 11) is 0. The number of H-pyrrole nitrogens is 1. The zero-order valence-corrected chi connectivity index (χ0v) is 5.44. The summed E-state index contributed by atoms with van der Waals surface area (Å²) in [5, 5.41) is 6.50. The zero-order valence-electron chi connectivity index (χ0n) is 4.69. The number of rotatable bonds is 1. The number of hydrogen-bond donors (Lipinski definition) is 3. The van der Waals surface area contributed by atoms with Gasteiger partial charge < -0.3 is 11.5 Å². The first-order chi connectivity index (χ1) is 4.25. The van der Waals surface area contributed by atoms with Crippen molar-refractivity contribution >= 4 is 17.3 Å². The van der Waals surface area contributed by atoms with Gasteiger partial charge in [0.25, 0.3) is 0 Å². The fourth-order valence-electron chi connectivity index (χ4n) is 0.517. The third-order valence-corrected chi connectivity index (χ3v) is 1.33. The first-order valence-electron chi connectivity index (χ1n) is 2.44. The fourth-order valence-corrected chi connectivity index (χ4v) is 0.673. The van der Waals surface area contributed by atoms with Gasteiger partial charge in [0.2, 0.25) is 0 Å². The van der Waals surface area contributed by atoms with E-state index in [1.54, 1.807) is 0 Å². The van der Waals surface area contributed by atoms with Gasteiger partial charge in [0.15, 0.2) is 5.15 Å². The van der Waals surface area contributed by atoms with E-state index in [0.29, 0.717) is 17.9 Å². The molecule has 1 heterocycles. The highest BCUT2D eigenvalue weighted by atomic mass is 35.5. The molecule has 9 heavy (non-hydrogen) atoms. The first kappa shape index (κ1) is 6.38. The number of aromatic nitrogens is 2. The Labute approximate surface area is 57.2 Å². The predicted molar refractivity (Wildman–Crippen MR) is 35.9 cm³/mol. The number of aromatic amines is 1. The van der Waals surface area contributed by atoms with Crippen LogP contribution in [0.15, 0.2) is 0 Å². The minimum atomic E-state index is 0.287. The van der Waals surface area contributed by atoms with Crippen molar-refractivity contribution in [3.05, 3.63) is 10.8 Å². The predicted octanol–water partition coefficient (Wildman–Crippen LogP) is 0.104. The molecule has 0 aliphatic heterocycles. The van der Waals surface area contributed by atoms with Crippen molar-refractivity contribution in [1.82, 2.24) is 10.2 Å². The Morgan fingerprint density at radius 2 is 2.33 bits per heavy atom. The summed E-state index contributed by atoms with van der Waals surface area (Å²) in [5.41, 5.74) is 11.8. The van der Waals surface area contributed by atoms with Crippen LogP contribution in [0.4, 0.5) is 5.69 Å². The van der Waals surface area contributed by atoms with Crippen LogP contribution in [0.2, 0.25) is 5.15 Å². The van der Waals surface area contributed by atoms with Gasteiger partial charge in [-0.15, -0.1) is 0 Å². The molecule has 4 nitrogen and oxygen atoms in total. The van der Waals surface area contributed by atoms with Gasteiger partial charge in [-0.3, -0.25) is 5.10 Å². The first-order valence-corrected chi connectivity index (χ1v) is 2.81. The molecule has 0 radical (unpaired) electrons. The molecule has 0 unspecified atom stereocenters. The molecule has 0 aromatic carbocycles. The summed E-state index contributed by atoms with van der Waals surface area (Å²) in [6, 6.07) is 0. The highest BCUT2D eigenvalue weighted by Crippen LogP contribution is 2.17. The van der Waals surface area contributed by atoms with E-state index in [-0.39, 0.29) is 5.15 Å². The van der Waals surface area contributed by atoms with Gasteiger partial charge in [0.1, 0.15) is 0 Å². The highest BCUT2D eigenvalue weighted by Gasteiger charge is 2.03. The molecule has 0 amide bonds. The van der Waals surface area contributed by atoms with Gasteiger partial charge in [0, 0.05) is 6.54 Å². The van der Waals surface area contributed by atoms with E-state index >= 15 is 0 Å². The van der Waals surface area contributed by atoms with Gasteiger partial charge in [-0.05, 0) is 0 Å². The van der Waals surface area contributed by atoms with Crippen LogP contribution in [0.5, 0.6) is 0 Å². The molecule has 0 fully saturated rings. The molecule has 0 bridgehead atoms. The van der Waals surface area contributed by atoms with Crippen LogP contribution in [-0.4, -0.2) is 10.2 Å². The van der Waals surface area contributed by atoms with Crippen LogP contribution >= 0.6 is 11.6 Å². The number of hydrogen-bond acceptors (Lipinski definition) is 3. The van der Waals surface area contributed by atoms with Gasteiger partial charge >= 0.3 is 0 Å². The second-order valence-electron chi connectivity index (χ2n) is 1.61. The van der Waals surface area contributed by atoms with Crippen molar-refractivity contribution in [1.29, 1.82) is 0 Å². The van der Waals surface area contributed by atoms with Gasteiger partial charge in [-0.25, -0.2) is 0 Å². The summed E-state index contributed by atoms with van der Waals surface area (Å²) in [5.74, 6) is 0. The Bertz CT molecular complexity index is 206. The summed E-state index contributed by atoms with van der Waals surface area (Å²) in [4.78, 5) is 0. The van der Waals surface area contributed by atoms with E-state index in [1.165, 1.54) is 0 Å². The Morgan fingerprint density at radius 3 is 2.56 bits per heavy atom. The SMILES string of the molecule is NCc1[nH]nc(Cl)c1N. The number of nitrogen functional groups attached to an aromatic ring is 1. The fraction of sp³-hybridized carbons (Fsp3) is 0.250. The van der Waals surface area contributed by atoms with Gasteiger partial charge in [-0.2, -0.15) is 5.10 Å².